The third kappa shape index (κ3) is 3.66. The van der Waals surface area contributed by atoms with Crippen LogP contribution < -0.4 is 10.9 Å². The molecule has 0 aliphatic carbocycles. The van der Waals surface area contributed by atoms with Crippen LogP contribution in [0.5, 0.6) is 0 Å². The Morgan fingerprint density at radius 2 is 2.33 bits per heavy atom. The van der Waals surface area contributed by atoms with Gasteiger partial charge in [0.15, 0.2) is 0 Å². The highest BCUT2D eigenvalue weighted by molar-refractivity contribution is 9.10. The lowest BCUT2D eigenvalue weighted by Gasteiger charge is -2.17. The van der Waals surface area contributed by atoms with Gasteiger partial charge in [-0.1, -0.05) is 29.7 Å². The van der Waals surface area contributed by atoms with Crippen LogP contribution >= 0.6 is 27.5 Å². The highest BCUT2D eigenvalue weighted by atomic mass is 79.9. The Labute approximate surface area is 136 Å². The molecule has 108 valence electrons. The molecule has 0 spiro atoms. The smallest absolute Gasteiger partial charge is 0.284 e. The normalized spacial score (nSPS) is 11.7. The third-order valence-corrected chi connectivity index (χ3v) is 3.95. The van der Waals surface area contributed by atoms with Gasteiger partial charge in [-0.15, -0.1) is 6.42 Å². The second-order valence-electron chi connectivity index (χ2n) is 4.46. The van der Waals surface area contributed by atoms with Crippen LogP contribution in [0.1, 0.15) is 18.5 Å². The van der Waals surface area contributed by atoms with E-state index in [4.69, 9.17) is 18.0 Å². The van der Waals surface area contributed by atoms with Crippen molar-refractivity contribution in [2.75, 3.05) is 5.32 Å². The van der Waals surface area contributed by atoms with E-state index >= 15 is 0 Å². The van der Waals surface area contributed by atoms with E-state index in [2.05, 4.69) is 32.3 Å². The third-order valence-electron chi connectivity index (χ3n) is 2.95. The lowest BCUT2D eigenvalue weighted by molar-refractivity contribution is 0.658. The maximum atomic E-state index is 12.0. The number of aromatic nitrogens is 2. The molecule has 2 aromatic rings. The van der Waals surface area contributed by atoms with E-state index in [1.807, 2.05) is 31.2 Å². The van der Waals surface area contributed by atoms with Crippen LogP contribution in [0.4, 0.5) is 5.69 Å². The van der Waals surface area contributed by atoms with Gasteiger partial charge in [0.25, 0.3) is 5.56 Å². The Kier molecular flexibility index (Phi) is 5.05. The minimum atomic E-state index is -0.267. The molecule has 0 amide bonds. The number of benzene rings is 1. The van der Waals surface area contributed by atoms with Crippen molar-refractivity contribution in [3.8, 4) is 12.3 Å². The molecule has 0 bridgehead atoms. The summed E-state index contributed by atoms with van der Waals surface area (Å²) in [7, 11) is 0. The predicted molar refractivity (Wildman–Crippen MR) is 88.5 cm³/mol. The number of hydrogen-bond donors (Lipinski definition) is 1. The van der Waals surface area contributed by atoms with Crippen LogP contribution in [0.15, 0.2) is 39.7 Å². The summed E-state index contributed by atoms with van der Waals surface area (Å²) in [6, 6.07) is 7.51. The molecular weight excluding hydrogens is 354 g/mol. The highest BCUT2D eigenvalue weighted by Crippen LogP contribution is 2.24. The first-order chi connectivity index (χ1) is 10.0. The quantitative estimate of drug-likeness (QED) is 0.843. The van der Waals surface area contributed by atoms with Gasteiger partial charge in [-0.3, -0.25) is 4.79 Å². The molecule has 0 aliphatic heterocycles. The molecule has 0 saturated carbocycles. The number of nitrogens with zero attached hydrogens (tertiary/aromatic N) is 2. The van der Waals surface area contributed by atoms with Gasteiger partial charge in [0.1, 0.15) is 11.0 Å². The Bertz CT molecular complexity index is 751. The number of anilines is 1. The summed E-state index contributed by atoms with van der Waals surface area (Å²) in [6.07, 6.45) is 6.77. The van der Waals surface area contributed by atoms with E-state index in [9.17, 15) is 4.79 Å². The minimum absolute atomic E-state index is 0.0234. The molecule has 21 heavy (non-hydrogen) atoms. The van der Waals surface area contributed by atoms with Crippen molar-refractivity contribution >= 4 is 33.2 Å². The average Bonchev–Trinajstić information content (AvgIpc) is 2.47. The lowest BCUT2D eigenvalue weighted by atomic mass is 10.1. The lowest BCUT2D eigenvalue weighted by Crippen LogP contribution is -2.24. The topological polar surface area (TPSA) is 46.9 Å². The molecule has 0 aliphatic rings. The molecule has 0 saturated heterocycles. The largest absolute Gasteiger partial charge is 0.376 e. The maximum absolute atomic E-state index is 12.0. The average molecular weight is 367 g/mol. The first-order valence-corrected chi connectivity index (χ1v) is 7.41. The monoisotopic (exact) mass is 365 g/mol. The van der Waals surface area contributed by atoms with E-state index < -0.39 is 0 Å². The summed E-state index contributed by atoms with van der Waals surface area (Å²) in [4.78, 5) is 12.0. The van der Waals surface area contributed by atoms with Crippen molar-refractivity contribution in [2.24, 2.45) is 0 Å². The van der Waals surface area contributed by atoms with Crippen molar-refractivity contribution in [1.29, 1.82) is 0 Å². The van der Waals surface area contributed by atoms with Gasteiger partial charge in [-0.25, -0.2) is 4.68 Å². The number of rotatable bonds is 4. The highest BCUT2D eigenvalue weighted by Gasteiger charge is 2.12. The second-order valence-corrected chi connectivity index (χ2v) is 5.69. The molecule has 2 rings (SSSR count). The van der Waals surface area contributed by atoms with E-state index in [1.165, 1.54) is 4.68 Å². The molecule has 1 aromatic carbocycles. The van der Waals surface area contributed by atoms with Crippen molar-refractivity contribution in [3.63, 3.8) is 0 Å². The van der Waals surface area contributed by atoms with Crippen molar-refractivity contribution in [2.45, 2.75) is 19.5 Å². The van der Waals surface area contributed by atoms with Crippen LogP contribution in [0.25, 0.3) is 0 Å². The number of terminal acetylenes is 1. The zero-order chi connectivity index (χ0) is 15.4. The van der Waals surface area contributed by atoms with E-state index in [0.29, 0.717) is 15.2 Å². The predicted octanol–water partition coefficient (Wildman–Crippen LogP) is 3.47. The summed E-state index contributed by atoms with van der Waals surface area (Å²) < 4.78 is 1.63. The van der Waals surface area contributed by atoms with Gasteiger partial charge in [-0.05, 0) is 40.5 Å². The van der Waals surface area contributed by atoms with Crippen LogP contribution in [0, 0.1) is 12.3 Å². The molecule has 4 nitrogen and oxygen atoms in total. The standard InChI is InChI=1S/C15H13BrClN3O/c1-3-7-20-15(21)14(16)13(9-18-20)19-10(2)11-5-4-6-12(17)8-11/h1,4-6,8-10,19H,7H2,2H3. The Morgan fingerprint density at radius 1 is 1.57 bits per heavy atom. The van der Waals surface area contributed by atoms with Crippen LogP contribution in [0.2, 0.25) is 5.02 Å². The van der Waals surface area contributed by atoms with Crippen LogP contribution in [-0.2, 0) is 6.54 Å². The minimum Gasteiger partial charge on any atom is -0.376 e. The number of hydrogen-bond acceptors (Lipinski definition) is 3. The molecule has 1 heterocycles. The van der Waals surface area contributed by atoms with E-state index in [0.717, 1.165) is 5.56 Å². The van der Waals surface area contributed by atoms with Crippen molar-refractivity contribution in [1.82, 2.24) is 9.78 Å². The van der Waals surface area contributed by atoms with E-state index in [1.54, 1.807) is 6.20 Å². The molecule has 1 aromatic heterocycles. The summed E-state index contributed by atoms with van der Waals surface area (Å²) >= 11 is 9.27. The van der Waals surface area contributed by atoms with E-state index in [-0.39, 0.29) is 18.1 Å². The molecule has 0 fully saturated rings. The molecule has 1 unspecified atom stereocenters. The molecular formula is C15H13BrClN3O. The Morgan fingerprint density at radius 3 is 3.00 bits per heavy atom. The zero-order valence-electron chi connectivity index (χ0n) is 11.3. The summed E-state index contributed by atoms with van der Waals surface area (Å²) in [5.74, 6) is 2.39. The fourth-order valence-electron chi connectivity index (χ4n) is 1.86. The van der Waals surface area contributed by atoms with Gasteiger partial charge < -0.3 is 5.32 Å². The second kappa shape index (κ2) is 6.79. The summed E-state index contributed by atoms with van der Waals surface area (Å²) in [5, 5.41) is 7.94. The SMILES string of the molecule is C#CCn1ncc(NC(C)c2cccc(Cl)c2)c(Br)c1=O. The van der Waals surface area contributed by atoms with Gasteiger partial charge in [0, 0.05) is 11.1 Å². The fraction of sp³-hybridized carbons (Fsp3) is 0.200. The Hall–Kier alpha value is -1.77. The van der Waals surface area contributed by atoms with Crippen molar-refractivity contribution < 1.29 is 0 Å². The molecule has 1 atom stereocenters. The van der Waals surface area contributed by atoms with Gasteiger partial charge in [0.05, 0.1) is 11.9 Å². The molecule has 6 heteroatoms. The first kappa shape index (κ1) is 15.6. The number of halogens is 2. The maximum Gasteiger partial charge on any atom is 0.284 e. The molecule has 0 radical (unpaired) electrons. The number of nitrogens with one attached hydrogen (secondary N) is 1. The van der Waals surface area contributed by atoms with Crippen LogP contribution in [-0.4, -0.2) is 9.78 Å². The van der Waals surface area contributed by atoms with Crippen LogP contribution in [0.3, 0.4) is 0 Å². The fourth-order valence-corrected chi connectivity index (χ4v) is 2.48. The van der Waals surface area contributed by atoms with Gasteiger partial charge >= 0.3 is 0 Å². The summed E-state index contributed by atoms with van der Waals surface area (Å²) in [6.45, 7) is 2.12. The van der Waals surface area contributed by atoms with Crippen molar-refractivity contribution in [3.05, 3.63) is 55.9 Å². The zero-order valence-corrected chi connectivity index (χ0v) is 13.6. The molecule has 1 N–H and O–H groups in total. The Balaban J connectivity index is 2.26. The van der Waals surface area contributed by atoms with Gasteiger partial charge in [-0.2, -0.15) is 5.10 Å². The first-order valence-electron chi connectivity index (χ1n) is 6.24. The summed E-state index contributed by atoms with van der Waals surface area (Å²) in [5.41, 5.74) is 1.36. The van der Waals surface area contributed by atoms with Gasteiger partial charge in [0.2, 0.25) is 0 Å².